The minimum Gasteiger partial charge on any atom is -0.347 e. The van der Waals surface area contributed by atoms with Crippen molar-refractivity contribution in [1.82, 2.24) is 34.4 Å². The van der Waals surface area contributed by atoms with Crippen LogP contribution in [0.15, 0.2) is 35.1 Å². The quantitative estimate of drug-likeness (QED) is 0.687. The van der Waals surface area contributed by atoms with Gasteiger partial charge in [-0.05, 0) is 13.3 Å². The lowest BCUT2D eigenvalue weighted by atomic mass is 10.2. The summed E-state index contributed by atoms with van der Waals surface area (Å²) in [6.45, 7) is 3.41. The zero-order valence-corrected chi connectivity index (χ0v) is 15.1. The smallest absolute Gasteiger partial charge is 0.346 e. The van der Waals surface area contributed by atoms with Crippen LogP contribution in [-0.4, -0.2) is 35.0 Å². The van der Waals surface area contributed by atoms with Crippen molar-refractivity contribution in [3.8, 4) is 11.4 Å². The van der Waals surface area contributed by atoms with Crippen LogP contribution in [-0.2, 0) is 37.4 Å². The molecular weight excluding hydrogens is 346 g/mol. The largest absolute Gasteiger partial charge is 0.347 e. The number of hydrogen-bond donors (Lipinski definition) is 1. The van der Waals surface area contributed by atoms with Gasteiger partial charge in [-0.2, -0.15) is 0 Å². The first-order valence-corrected chi connectivity index (χ1v) is 9.08. The number of amides is 1. The van der Waals surface area contributed by atoms with Crippen molar-refractivity contribution >= 4 is 5.91 Å². The fourth-order valence-corrected chi connectivity index (χ4v) is 3.34. The van der Waals surface area contributed by atoms with Gasteiger partial charge in [0.05, 0.1) is 6.54 Å². The Balaban J connectivity index is 1.48. The third kappa shape index (κ3) is 3.27. The summed E-state index contributed by atoms with van der Waals surface area (Å²) < 4.78 is 4.80. The maximum Gasteiger partial charge on any atom is 0.346 e. The molecule has 3 aromatic rings. The SMILES string of the molecule is CCn1c(-c2ccccc2)nn(CC(=O)NCc2nnc3n2CCC3)c1=O. The Morgan fingerprint density at radius 3 is 2.81 bits per heavy atom. The highest BCUT2D eigenvalue weighted by molar-refractivity contribution is 5.75. The van der Waals surface area contributed by atoms with Crippen molar-refractivity contribution in [2.75, 3.05) is 0 Å². The van der Waals surface area contributed by atoms with Gasteiger partial charge >= 0.3 is 5.69 Å². The van der Waals surface area contributed by atoms with Crippen molar-refractivity contribution in [2.24, 2.45) is 0 Å². The van der Waals surface area contributed by atoms with E-state index >= 15 is 0 Å². The predicted molar refractivity (Wildman–Crippen MR) is 97.8 cm³/mol. The summed E-state index contributed by atoms with van der Waals surface area (Å²) in [6, 6.07) is 9.48. The molecule has 3 heterocycles. The van der Waals surface area contributed by atoms with E-state index in [1.165, 1.54) is 4.68 Å². The second kappa shape index (κ2) is 7.18. The van der Waals surface area contributed by atoms with Gasteiger partial charge in [0.25, 0.3) is 0 Å². The first-order valence-electron chi connectivity index (χ1n) is 9.08. The minimum absolute atomic E-state index is 0.132. The lowest BCUT2D eigenvalue weighted by Crippen LogP contribution is -2.33. The van der Waals surface area contributed by atoms with E-state index in [4.69, 9.17) is 0 Å². The number of carbonyl (C=O) groups is 1. The van der Waals surface area contributed by atoms with Gasteiger partial charge in [0.1, 0.15) is 12.4 Å². The molecule has 2 aromatic heterocycles. The van der Waals surface area contributed by atoms with Crippen LogP contribution < -0.4 is 11.0 Å². The van der Waals surface area contributed by atoms with Crippen LogP contribution in [0.3, 0.4) is 0 Å². The number of nitrogens with one attached hydrogen (secondary N) is 1. The molecule has 9 heteroatoms. The van der Waals surface area contributed by atoms with E-state index in [0.717, 1.165) is 36.6 Å². The van der Waals surface area contributed by atoms with E-state index < -0.39 is 0 Å². The zero-order chi connectivity index (χ0) is 18.8. The van der Waals surface area contributed by atoms with Crippen molar-refractivity contribution < 1.29 is 4.79 Å². The van der Waals surface area contributed by atoms with E-state index in [-0.39, 0.29) is 18.1 Å². The first-order chi connectivity index (χ1) is 13.2. The second-order valence-electron chi connectivity index (χ2n) is 6.44. The zero-order valence-electron chi connectivity index (χ0n) is 15.1. The molecule has 1 aliphatic rings. The molecule has 0 saturated carbocycles. The van der Waals surface area contributed by atoms with Gasteiger partial charge in [-0.25, -0.2) is 9.48 Å². The van der Waals surface area contributed by atoms with Crippen LogP contribution >= 0.6 is 0 Å². The summed E-state index contributed by atoms with van der Waals surface area (Å²) in [4.78, 5) is 24.9. The predicted octanol–water partition coefficient (Wildman–Crippen LogP) is 0.586. The van der Waals surface area contributed by atoms with Crippen molar-refractivity contribution in [1.29, 1.82) is 0 Å². The van der Waals surface area contributed by atoms with Crippen molar-refractivity contribution in [3.05, 3.63) is 52.5 Å². The van der Waals surface area contributed by atoms with Crippen LogP contribution in [0.1, 0.15) is 25.0 Å². The molecule has 4 rings (SSSR count). The highest BCUT2D eigenvalue weighted by Crippen LogP contribution is 2.15. The molecule has 0 bridgehead atoms. The number of aryl methyl sites for hydroxylation is 1. The Morgan fingerprint density at radius 1 is 1.22 bits per heavy atom. The molecule has 1 aromatic carbocycles. The highest BCUT2D eigenvalue weighted by Gasteiger charge is 2.19. The van der Waals surface area contributed by atoms with Crippen LogP contribution in [0.2, 0.25) is 0 Å². The number of benzene rings is 1. The fourth-order valence-electron chi connectivity index (χ4n) is 3.34. The Bertz CT molecular complexity index is 1020. The second-order valence-corrected chi connectivity index (χ2v) is 6.44. The van der Waals surface area contributed by atoms with E-state index in [2.05, 4.69) is 20.6 Å². The topological polar surface area (TPSA) is 99.6 Å². The number of rotatable bonds is 6. The average Bonchev–Trinajstić information content (AvgIpc) is 3.37. The third-order valence-corrected chi connectivity index (χ3v) is 4.69. The molecule has 0 atom stereocenters. The Hall–Kier alpha value is -3.23. The molecular formula is C18H21N7O2. The van der Waals surface area contributed by atoms with E-state index in [1.54, 1.807) is 4.57 Å². The van der Waals surface area contributed by atoms with Crippen LogP contribution in [0.25, 0.3) is 11.4 Å². The Kier molecular flexibility index (Phi) is 4.57. The van der Waals surface area contributed by atoms with Gasteiger partial charge in [-0.1, -0.05) is 30.3 Å². The number of hydrogen-bond acceptors (Lipinski definition) is 5. The molecule has 140 valence electrons. The normalized spacial score (nSPS) is 12.9. The van der Waals surface area contributed by atoms with Crippen LogP contribution in [0, 0.1) is 0 Å². The molecule has 1 N–H and O–H groups in total. The number of nitrogens with zero attached hydrogens (tertiary/aromatic N) is 6. The van der Waals surface area contributed by atoms with E-state index in [9.17, 15) is 9.59 Å². The number of carbonyl (C=O) groups excluding carboxylic acids is 1. The molecule has 0 spiro atoms. The first kappa shape index (κ1) is 17.2. The molecule has 1 amide bonds. The lowest BCUT2D eigenvalue weighted by molar-refractivity contribution is -0.122. The monoisotopic (exact) mass is 367 g/mol. The van der Waals surface area contributed by atoms with Gasteiger partial charge in [0, 0.05) is 25.1 Å². The summed E-state index contributed by atoms with van der Waals surface area (Å²) in [7, 11) is 0. The van der Waals surface area contributed by atoms with Crippen LogP contribution in [0.5, 0.6) is 0 Å². The van der Waals surface area contributed by atoms with Crippen LogP contribution in [0.4, 0.5) is 0 Å². The van der Waals surface area contributed by atoms with Gasteiger partial charge < -0.3 is 9.88 Å². The highest BCUT2D eigenvalue weighted by atomic mass is 16.2. The summed E-state index contributed by atoms with van der Waals surface area (Å²) in [5, 5.41) is 15.4. The Morgan fingerprint density at radius 2 is 2.04 bits per heavy atom. The standard InChI is InChI=1S/C18H21N7O2/c1-2-23-17(13-7-4-3-5-8-13)22-25(18(23)27)12-16(26)19-11-15-21-20-14-9-6-10-24(14)15/h3-5,7-8H,2,6,9-12H2,1H3,(H,19,26). The fraction of sp³-hybridized carbons (Fsp3) is 0.389. The maximum atomic E-state index is 12.6. The molecule has 0 radical (unpaired) electrons. The molecule has 0 aliphatic carbocycles. The van der Waals surface area contributed by atoms with Gasteiger partial charge in [0.2, 0.25) is 5.91 Å². The average molecular weight is 367 g/mol. The van der Waals surface area contributed by atoms with Gasteiger partial charge in [0.15, 0.2) is 11.6 Å². The summed E-state index contributed by atoms with van der Waals surface area (Å²) >= 11 is 0. The molecule has 1 aliphatic heterocycles. The molecule has 0 saturated heterocycles. The van der Waals surface area contributed by atoms with Gasteiger partial charge in [-0.3, -0.25) is 9.36 Å². The maximum absolute atomic E-state index is 12.6. The van der Waals surface area contributed by atoms with Gasteiger partial charge in [-0.15, -0.1) is 15.3 Å². The number of aromatic nitrogens is 6. The number of fused-ring (bicyclic) bond motifs is 1. The van der Waals surface area contributed by atoms with E-state index in [1.807, 2.05) is 41.8 Å². The van der Waals surface area contributed by atoms with Crippen molar-refractivity contribution in [3.63, 3.8) is 0 Å². The molecule has 0 unspecified atom stereocenters. The molecule has 27 heavy (non-hydrogen) atoms. The Labute approximate surface area is 155 Å². The summed E-state index contributed by atoms with van der Waals surface area (Å²) in [5.74, 6) is 1.98. The summed E-state index contributed by atoms with van der Waals surface area (Å²) in [5.41, 5.74) is 0.546. The minimum atomic E-state index is -0.296. The summed E-state index contributed by atoms with van der Waals surface area (Å²) in [6.07, 6.45) is 1.98. The molecule has 9 nitrogen and oxygen atoms in total. The lowest BCUT2D eigenvalue weighted by Gasteiger charge is -2.05. The third-order valence-electron chi connectivity index (χ3n) is 4.69. The molecule has 0 fully saturated rings. The van der Waals surface area contributed by atoms with Crippen molar-refractivity contribution in [2.45, 2.75) is 45.9 Å². The van der Waals surface area contributed by atoms with E-state index in [0.29, 0.717) is 18.9 Å².